The van der Waals surface area contributed by atoms with Crippen molar-refractivity contribution in [1.29, 1.82) is 0 Å². The van der Waals surface area contributed by atoms with E-state index in [2.05, 4.69) is 4.98 Å². The number of benzene rings is 1. The van der Waals surface area contributed by atoms with Crippen LogP contribution in [0.1, 0.15) is 34.6 Å². The van der Waals surface area contributed by atoms with Crippen LogP contribution < -0.4 is 0 Å². The fraction of sp³-hybridized carbons (Fsp3) is 0.526. The Kier molecular flexibility index (Phi) is 4.44. The third kappa shape index (κ3) is 2.89. The fourth-order valence-corrected chi connectivity index (χ4v) is 5.08. The van der Waals surface area contributed by atoms with Gasteiger partial charge in [0.25, 0.3) is 5.91 Å². The second kappa shape index (κ2) is 6.63. The van der Waals surface area contributed by atoms with Gasteiger partial charge in [0, 0.05) is 31.7 Å². The molecule has 138 valence electrons. The Hall–Kier alpha value is -1.99. The summed E-state index contributed by atoms with van der Waals surface area (Å²) in [4.78, 5) is 33.9. The predicted octanol–water partition coefficient (Wildman–Crippen LogP) is 2.05. The Bertz CT molecular complexity index is 863. The molecule has 0 aliphatic carbocycles. The number of aromatic nitrogens is 1. The molecule has 2 fully saturated rings. The molecular weight excluding hydrogens is 350 g/mol. The summed E-state index contributed by atoms with van der Waals surface area (Å²) in [6.45, 7) is 4.11. The van der Waals surface area contributed by atoms with Crippen LogP contribution in [0, 0.1) is 12.3 Å². The number of carbonyl (C=O) groups is 2. The highest BCUT2D eigenvalue weighted by Crippen LogP contribution is 2.40. The number of hydrogen-bond acceptors (Lipinski definition) is 5. The number of thiazole rings is 1. The number of rotatable bonds is 3. The monoisotopic (exact) mass is 373 g/mol. The van der Waals surface area contributed by atoms with Gasteiger partial charge in [-0.05, 0) is 44.4 Å². The summed E-state index contributed by atoms with van der Waals surface area (Å²) in [5, 5.41) is 10.2. The average molecular weight is 373 g/mol. The maximum Gasteiger partial charge on any atom is 0.253 e. The largest absolute Gasteiger partial charge is 0.395 e. The summed E-state index contributed by atoms with van der Waals surface area (Å²) in [5.74, 6) is 0.0696. The third-order valence-electron chi connectivity index (χ3n) is 5.58. The van der Waals surface area contributed by atoms with Crippen molar-refractivity contribution in [2.45, 2.75) is 26.2 Å². The van der Waals surface area contributed by atoms with Gasteiger partial charge in [0.05, 0.1) is 27.2 Å². The summed E-state index contributed by atoms with van der Waals surface area (Å²) in [7, 11) is 0. The number of piperidine rings is 1. The van der Waals surface area contributed by atoms with E-state index in [-0.39, 0.29) is 18.4 Å². The van der Waals surface area contributed by atoms with Crippen molar-refractivity contribution in [3.05, 3.63) is 28.8 Å². The Morgan fingerprint density at radius 2 is 2.19 bits per heavy atom. The summed E-state index contributed by atoms with van der Waals surface area (Å²) in [5.41, 5.74) is 1.02. The normalized spacial score (nSPS) is 23.4. The lowest BCUT2D eigenvalue weighted by Crippen LogP contribution is -2.51. The first kappa shape index (κ1) is 17.4. The SMILES string of the molecule is Cc1nc2cc(C(=O)N3CC[C@@]4(CCCN(CCO)C4=O)C3)ccc2s1. The average Bonchev–Trinajstić information content (AvgIpc) is 3.21. The lowest BCUT2D eigenvalue weighted by atomic mass is 9.78. The molecule has 0 bridgehead atoms. The van der Waals surface area contributed by atoms with Crippen LogP contribution in [0.5, 0.6) is 0 Å². The molecule has 7 heteroatoms. The topological polar surface area (TPSA) is 73.7 Å². The Morgan fingerprint density at radius 1 is 1.35 bits per heavy atom. The summed E-state index contributed by atoms with van der Waals surface area (Å²) < 4.78 is 1.08. The van der Waals surface area contributed by atoms with E-state index in [1.54, 1.807) is 21.1 Å². The van der Waals surface area contributed by atoms with E-state index >= 15 is 0 Å². The van der Waals surface area contributed by atoms with Crippen molar-refractivity contribution >= 4 is 33.4 Å². The fourth-order valence-electron chi connectivity index (χ4n) is 4.27. The van der Waals surface area contributed by atoms with E-state index in [4.69, 9.17) is 0 Å². The van der Waals surface area contributed by atoms with Gasteiger partial charge >= 0.3 is 0 Å². The zero-order valence-electron chi connectivity index (χ0n) is 14.9. The predicted molar refractivity (Wildman–Crippen MR) is 100 cm³/mol. The van der Waals surface area contributed by atoms with Gasteiger partial charge in [0.15, 0.2) is 0 Å². The zero-order chi connectivity index (χ0) is 18.3. The Balaban J connectivity index is 1.53. The summed E-state index contributed by atoms with van der Waals surface area (Å²) in [6, 6.07) is 5.66. The molecule has 1 aromatic carbocycles. The molecule has 2 aliphatic rings. The van der Waals surface area contributed by atoms with Crippen LogP contribution in [-0.2, 0) is 4.79 Å². The van der Waals surface area contributed by atoms with Crippen LogP contribution in [0.15, 0.2) is 18.2 Å². The van der Waals surface area contributed by atoms with Crippen molar-refractivity contribution in [3.63, 3.8) is 0 Å². The Labute approximate surface area is 156 Å². The van der Waals surface area contributed by atoms with Crippen molar-refractivity contribution in [2.75, 3.05) is 32.8 Å². The molecule has 2 aromatic rings. The van der Waals surface area contributed by atoms with Crippen LogP contribution in [0.4, 0.5) is 0 Å². The molecule has 1 N–H and O–H groups in total. The van der Waals surface area contributed by atoms with E-state index in [0.29, 0.717) is 38.2 Å². The number of aliphatic hydroxyl groups is 1. The minimum absolute atomic E-state index is 0.0163. The second-order valence-corrected chi connectivity index (χ2v) is 8.53. The molecule has 0 unspecified atom stereocenters. The molecule has 1 aromatic heterocycles. The minimum atomic E-state index is -0.468. The first-order chi connectivity index (χ1) is 12.5. The van der Waals surface area contributed by atoms with E-state index in [1.807, 2.05) is 25.1 Å². The number of nitrogens with zero attached hydrogens (tertiary/aromatic N) is 3. The van der Waals surface area contributed by atoms with Crippen LogP contribution in [-0.4, -0.2) is 64.5 Å². The van der Waals surface area contributed by atoms with E-state index in [0.717, 1.165) is 28.1 Å². The first-order valence-electron chi connectivity index (χ1n) is 9.09. The van der Waals surface area contributed by atoms with Crippen LogP contribution in [0.3, 0.4) is 0 Å². The highest BCUT2D eigenvalue weighted by Gasteiger charge is 2.49. The highest BCUT2D eigenvalue weighted by molar-refractivity contribution is 7.18. The maximum atomic E-state index is 13.0. The maximum absolute atomic E-state index is 13.0. The summed E-state index contributed by atoms with van der Waals surface area (Å²) in [6.07, 6.45) is 2.46. The molecule has 2 aliphatic heterocycles. The van der Waals surface area contributed by atoms with Gasteiger partial charge < -0.3 is 14.9 Å². The van der Waals surface area contributed by atoms with Gasteiger partial charge in [0.2, 0.25) is 5.91 Å². The van der Waals surface area contributed by atoms with Crippen LogP contribution in [0.25, 0.3) is 10.2 Å². The third-order valence-corrected chi connectivity index (χ3v) is 6.53. The number of likely N-dealkylation sites (tertiary alicyclic amines) is 2. The smallest absolute Gasteiger partial charge is 0.253 e. The van der Waals surface area contributed by atoms with E-state index < -0.39 is 5.41 Å². The van der Waals surface area contributed by atoms with E-state index in [1.165, 1.54) is 0 Å². The zero-order valence-corrected chi connectivity index (χ0v) is 15.7. The molecule has 0 saturated carbocycles. The molecule has 2 saturated heterocycles. The van der Waals surface area contributed by atoms with Gasteiger partial charge in [-0.3, -0.25) is 9.59 Å². The van der Waals surface area contributed by atoms with Crippen molar-refractivity contribution < 1.29 is 14.7 Å². The molecule has 1 atom stereocenters. The Morgan fingerprint density at radius 3 is 3.00 bits per heavy atom. The van der Waals surface area contributed by atoms with Gasteiger partial charge in [-0.25, -0.2) is 4.98 Å². The van der Waals surface area contributed by atoms with Crippen molar-refractivity contribution in [1.82, 2.24) is 14.8 Å². The summed E-state index contributed by atoms with van der Waals surface area (Å²) >= 11 is 1.62. The quantitative estimate of drug-likeness (QED) is 0.894. The molecule has 1 spiro atoms. The molecular formula is C19H23N3O3S. The lowest BCUT2D eigenvalue weighted by Gasteiger charge is -2.39. The van der Waals surface area contributed by atoms with Gasteiger partial charge in [-0.1, -0.05) is 0 Å². The number of β-amino-alcohol motifs (C(OH)–C–C–N with tert-alkyl or cyclic N) is 1. The minimum Gasteiger partial charge on any atom is -0.395 e. The van der Waals surface area contributed by atoms with Crippen molar-refractivity contribution in [2.24, 2.45) is 5.41 Å². The molecule has 3 heterocycles. The number of amides is 2. The molecule has 0 radical (unpaired) electrons. The number of fused-ring (bicyclic) bond motifs is 1. The lowest BCUT2D eigenvalue weighted by molar-refractivity contribution is -0.146. The number of carbonyl (C=O) groups excluding carboxylic acids is 2. The number of hydrogen-bond donors (Lipinski definition) is 1. The van der Waals surface area contributed by atoms with Gasteiger partial charge in [-0.15, -0.1) is 11.3 Å². The highest BCUT2D eigenvalue weighted by atomic mass is 32.1. The second-order valence-electron chi connectivity index (χ2n) is 7.29. The standard InChI is InChI=1S/C19H23N3O3S/c1-13-20-15-11-14(3-4-16(15)26-13)17(24)22-8-6-19(12-22)5-2-7-21(9-10-23)18(19)25/h3-4,11,23H,2,5-10,12H2,1H3/t19-/m0/s1. The van der Waals surface area contributed by atoms with Gasteiger partial charge in [0.1, 0.15) is 0 Å². The number of aliphatic hydroxyl groups excluding tert-OH is 1. The van der Waals surface area contributed by atoms with Crippen LogP contribution in [0.2, 0.25) is 0 Å². The van der Waals surface area contributed by atoms with Gasteiger partial charge in [-0.2, -0.15) is 0 Å². The molecule has 4 rings (SSSR count). The van der Waals surface area contributed by atoms with E-state index in [9.17, 15) is 14.7 Å². The van der Waals surface area contributed by atoms with Crippen LogP contribution >= 0.6 is 11.3 Å². The molecule has 6 nitrogen and oxygen atoms in total. The van der Waals surface area contributed by atoms with Crippen molar-refractivity contribution in [3.8, 4) is 0 Å². The molecule has 26 heavy (non-hydrogen) atoms. The number of aryl methyl sites for hydroxylation is 1. The first-order valence-corrected chi connectivity index (χ1v) is 9.91. The molecule has 2 amide bonds.